The predicted octanol–water partition coefficient (Wildman–Crippen LogP) is 4.31. The first kappa shape index (κ1) is 17.8. The maximum absolute atomic E-state index is 6.22. The van der Waals surface area contributed by atoms with Crippen LogP contribution in [0.2, 0.25) is 0 Å². The van der Waals surface area contributed by atoms with Crippen molar-refractivity contribution in [2.75, 3.05) is 26.2 Å². The monoisotopic (exact) mass is 330 g/mol. The van der Waals surface area contributed by atoms with Crippen LogP contribution < -0.4 is 4.74 Å². The van der Waals surface area contributed by atoms with Gasteiger partial charge in [0, 0.05) is 25.7 Å². The van der Waals surface area contributed by atoms with E-state index in [1.54, 1.807) is 0 Å². The first-order valence-corrected chi connectivity index (χ1v) is 9.96. The van der Waals surface area contributed by atoms with Crippen molar-refractivity contribution in [3.63, 3.8) is 0 Å². The van der Waals surface area contributed by atoms with Crippen LogP contribution in [0.4, 0.5) is 0 Å². The van der Waals surface area contributed by atoms with E-state index in [0.29, 0.717) is 12.1 Å². The molecule has 0 bridgehead atoms. The van der Waals surface area contributed by atoms with Gasteiger partial charge in [0.1, 0.15) is 11.9 Å². The van der Waals surface area contributed by atoms with Gasteiger partial charge in [0.15, 0.2) is 0 Å². The Morgan fingerprint density at radius 3 is 2.29 bits per heavy atom. The van der Waals surface area contributed by atoms with E-state index in [1.807, 2.05) is 0 Å². The highest BCUT2D eigenvalue weighted by molar-refractivity contribution is 5.27. The lowest BCUT2D eigenvalue weighted by molar-refractivity contribution is 0.0788. The van der Waals surface area contributed by atoms with Gasteiger partial charge in [-0.1, -0.05) is 25.5 Å². The fourth-order valence-corrected chi connectivity index (χ4v) is 3.93. The molecule has 0 aliphatic carbocycles. The van der Waals surface area contributed by atoms with Crippen molar-refractivity contribution in [3.8, 4) is 5.75 Å². The maximum Gasteiger partial charge on any atom is 0.119 e. The molecule has 1 aromatic rings. The van der Waals surface area contributed by atoms with Gasteiger partial charge in [0.2, 0.25) is 0 Å². The molecule has 1 unspecified atom stereocenters. The average molecular weight is 331 g/mol. The summed E-state index contributed by atoms with van der Waals surface area (Å²) >= 11 is 0. The number of nitrogens with zero attached hydrogens (tertiary/aromatic N) is 2. The predicted molar refractivity (Wildman–Crippen MR) is 101 cm³/mol. The molecule has 2 aliphatic rings. The Labute approximate surface area is 148 Å². The largest absolute Gasteiger partial charge is 0.490 e. The first-order valence-electron chi connectivity index (χ1n) is 9.96. The van der Waals surface area contributed by atoms with Crippen LogP contribution in [-0.2, 0) is 6.54 Å². The van der Waals surface area contributed by atoms with E-state index in [1.165, 1.54) is 57.4 Å². The fourth-order valence-electron chi connectivity index (χ4n) is 3.93. The van der Waals surface area contributed by atoms with Crippen LogP contribution in [-0.4, -0.2) is 48.1 Å². The van der Waals surface area contributed by atoms with E-state index in [4.69, 9.17) is 4.74 Å². The quantitative estimate of drug-likeness (QED) is 0.773. The summed E-state index contributed by atoms with van der Waals surface area (Å²) in [7, 11) is 0. The molecule has 24 heavy (non-hydrogen) atoms. The molecule has 3 heteroatoms. The minimum atomic E-state index is 0.387. The molecule has 1 aromatic carbocycles. The molecule has 0 amide bonds. The highest BCUT2D eigenvalue weighted by atomic mass is 16.5. The minimum absolute atomic E-state index is 0.387. The fraction of sp³-hybridized carbons (Fsp3) is 0.714. The average Bonchev–Trinajstić information content (AvgIpc) is 2.64. The summed E-state index contributed by atoms with van der Waals surface area (Å²) in [5.41, 5.74) is 1.41. The van der Waals surface area contributed by atoms with E-state index in [0.717, 1.165) is 25.1 Å². The third-order valence-corrected chi connectivity index (χ3v) is 5.77. The number of hydrogen-bond acceptors (Lipinski definition) is 3. The third-order valence-electron chi connectivity index (χ3n) is 5.77. The number of benzene rings is 1. The van der Waals surface area contributed by atoms with E-state index < -0.39 is 0 Å². The second-order valence-corrected chi connectivity index (χ2v) is 7.59. The zero-order valence-corrected chi connectivity index (χ0v) is 15.5. The van der Waals surface area contributed by atoms with Gasteiger partial charge in [-0.25, -0.2) is 0 Å². The van der Waals surface area contributed by atoms with Crippen LogP contribution in [0.5, 0.6) is 5.75 Å². The maximum atomic E-state index is 6.22. The molecular weight excluding hydrogens is 296 g/mol. The van der Waals surface area contributed by atoms with Crippen molar-refractivity contribution in [1.29, 1.82) is 0 Å². The summed E-state index contributed by atoms with van der Waals surface area (Å²) < 4.78 is 6.22. The smallest absolute Gasteiger partial charge is 0.119 e. The van der Waals surface area contributed by atoms with Gasteiger partial charge in [0.05, 0.1) is 0 Å². The molecule has 0 spiro atoms. The zero-order valence-electron chi connectivity index (χ0n) is 15.5. The van der Waals surface area contributed by atoms with Gasteiger partial charge in [-0.15, -0.1) is 0 Å². The summed E-state index contributed by atoms with van der Waals surface area (Å²) in [6.07, 6.45) is 8.05. The Morgan fingerprint density at radius 1 is 1.00 bits per heavy atom. The molecule has 1 atom stereocenters. The van der Waals surface area contributed by atoms with Gasteiger partial charge >= 0.3 is 0 Å². The number of rotatable bonds is 6. The Morgan fingerprint density at radius 2 is 1.67 bits per heavy atom. The molecule has 2 heterocycles. The van der Waals surface area contributed by atoms with Crippen molar-refractivity contribution in [2.45, 2.75) is 71.1 Å². The SMILES string of the molecule is CCC(C)N1CCC(Oc2ccc(CN3CCCCC3)cc2)CC1. The molecular formula is C21H34N2O. The Bertz CT molecular complexity index is 473. The van der Waals surface area contributed by atoms with Crippen LogP contribution in [0.25, 0.3) is 0 Å². The van der Waals surface area contributed by atoms with Gasteiger partial charge < -0.3 is 9.64 Å². The Balaban J connectivity index is 1.44. The minimum Gasteiger partial charge on any atom is -0.490 e. The topological polar surface area (TPSA) is 15.7 Å². The Hall–Kier alpha value is -1.06. The highest BCUT2D eigenvalue weighted by Gasteiger charge is 2.23. The molecule has 134 valence electrons. The van der Waals surface area contributed by atoms with Crippen molar-refractivity contribution >= 4 is 0 Å². The molecule has 0 N–H and O–H groups in total. The molecule has 3 rings (SSSR count). The summed E-state index contributed by atoms with van der Waals surface area (Å²) in [6.45, 7) is 10.6. The second-order valence-electron chi connectivity index (χ2n) is 7.59. The van der Waals surface area contributed by atoms with Crippen molar-refractivity contribution < 1.29 is 4.74 Å². The van der Waals surface area contributed by atoms with Crippen molar-refractivity contribution in [3.05, 3.63) is 29.8 Å². The standard InChI is InChI=1S/C21H34N2O/c1-3-18(2)23-15-11-21(12-16-23)24-20-9-7-19(8-10-20)17-22-13-5-4-6-14-22/h7-10,18,21H,3-6,11-17H2,1-2H3. The molecule has 2 aliphatic heterocycles. The molecule has 2 fully saturated rings. The lowest BCUT2D eigenvalue weighted by Crippen LogP contribution is -2.42. The normalized spacial score (nSPS) is 22.4. The highest BCUT2D eigenvalue weighted by Crippen LogP contribution is 2.22. The van der Waals surface area contributed by atoms with E-state index in [2.05, 4.69) is 47.9 Å². The van der Waals surface area contributed by atoms with Crippen LogP contribution in [0.15, 0.2) is 24.3 Å². The van der Waals surface area contributed by atoms with Crippen LogP contribution in [0.3, 0.4) is 0 Å². The van der Waals surface area contributed by atoms with Gasteiger partial charge in [0.25, 0.3) is 0 Å². The van der Waals surface area contributed by atoms with Crippen LogP contribution in [0.1, 0.15) is 57.9 Å². The molecule has 0 radical (unpaired) electrons. The molecule has 2 saturated heterocycles. The van der Waals surface area contributed by atoms with E-state index in [-0.39, 0.29) is 0 Å². The summed E-state index contributed by atoms with van der Waals surface area (Å²) in [5.74, 6) is 1.04. The van der Waals surface area contributed by atoms with Crippen LogP contribution >= 0.6 is 0 Å². The van der Waals surface area contributed by atoms with Crippen LogP contribution in [0, 0.1) is 0 Å². The van der Waals surface area contributed by atoms with Crippen molar-refractivity contribution in [2.24, 2.45) is 0 Å². The zero-order chi connectivity index (χ0) is 16.8. The summed E-state index contributed by atoms with van der Waals surface area (Å²) in [4.78, 5) is 5.17. The van der Waals surface area contributed by atoms with Gasteiger partial charge in [-0.3, -0.25) is 4.90 Å². The number of piperidine rings is 2. The number of hydrogen-bond donors (Lipinski definition) is 0. The van der Waals surface area contributed by atoms with Crippen molar-refractivity contribution in [1.82, 2.24) is 9.80 Å². The lowest BCUT2D eigenvalue weighted by Gasteiger charge is -2.35. The second kappa shape index (κ2) is 8.87. The lowest BCUT2D eigenvalue weighted by atomic mass is 10.0. The number of ether oxygens (including phenoxy) is 1. The molecule has 0 aromatic heterocycles. The van der Waals surface area contributed by atoms with E-state index >= 15 is 0 Å². The number of likely N-dealkylation sites (tertiary alicyclic amines) is 2. The van der Waals surface area contributed by atoms with Gasteiger partial charge in [-0.05, 0) is 69.8 Å². The summed E-state index contributed by atoms with van der Waals surface area (Å²) in [6, 6.07) is 9.54. The third kappa shape index (κ3) is 4.97. The molecule has 0 saturated carbocycles. The van der Waals surface area contributed by atoms with E-state index in [9.17, 15) is 0 Å². The summed E-state index contributed by atoms with van der Waals surface area (Å²) in [5, 5.41) is 0. The molecule has 3 nitrogen and oxygen atoms in total. The first-order chi connectivity index (χ1) is 11.7. The van der Waals surface area contributed by atoms with Gasteiger partial charge in [-0.2, -0.15) is 0 Å². The Kier molecular flexibility index (Phi) is 6.56.